The maximum absolute atomic E-state index is 10.4. The molecule has 0 spiro atoms. The molecule has 2 nitrogen and oxygen atoms in total. The van der Waals surface area contributed by atoms with Gasteiger partial charge >= 0.3 is 0 Å². The zero-order valence-corrected chi connectivity index (χ0v) is 20.2. The van der Waals surface area contributed by atoms with E-state index in [1.807, 2.05) is 24.3 Å². The van der Waals surface area contributed by atoms with E-state index in [-0.39, 0.29) is 11.5 Å². The van der Waals surface area contributed by atoms with E-state index < -0.39 is 0 Å². The summed E-state index contributed by atoms with van der Waals surface area (Å²) in [4.78, 5) is 0. The van der Waals surface area contributed by atoms with Crippen LogP contribution in [0.1, 0.15) is 102 Å². The number of rotatable bonds is 17. The Bertz CT molecular complexity index is 778. The van der Waals surface area contributed by atoms with Gasteiger partial charge in [-0.05, 0) is 56.2 Å². The van der Waals surface area contributed by atoms with E-state index in [2.05, 4.69) is 25.1 Å². The first-order chi connectivity index (χ1) is 15.7. The number of para-hydroxylation sites is 1. The molecule has 0 aliphatic heterocycles. The summed E-state index contributed by atoms with van der Waals surface area (Å²) in [5, 5.41) is 20.6. The SMILES string of the molecule is CCCCCCCC/C=C\CCCCCCCCc1cccc(O)c1-c1ccccc1O. The van der Waals surface area contributed by atoms with E-state index in [4.69, 9.17) is 0 Å². The third kappa shape index (κ3) is 9.94. The van der Waals surface area contributed by atoms with Gasteiger partial charge in [0.1, 0.15) is 11.5 Å². The number of hydrogen-bond donors (Lipinski definition) is 2. The van der Waals surface area contributed by atoms with Crippen LogP contribution in [0.4, 0.5) is 0 Å². The lowest BCUT2D eigenvalue weighted by Crippen LogP contribution is -1.92. The van der Waals surface area contributed by atoms with Crippen molar-refractivity contribution in [2.45, 2.75) is 103 Å². The van der Waals surface area contributed by atoms with Gasteiger partial charge in [0.2, 0.25) is 0 Å². The molecular weight excluding hydrogens is 392 g/mol. The van der Waals surface area contributed by atoms with Gasteiger partial charge in [-0.2, -0.15) is 0 Å². The number of aryl methyl sites for hydroxylation is 1. The molecule has 0 saturated heterocycles. The van der Waals surface area contributed by atoms with Crippen molar-refractivity contribution in [3.63, 3.8) is 0 Å². The van der Waals surface area contributed by atoms with E-state index in [9.17, 15) is 10.2 Å². The van der Waals surface area contributed by atoms with E-state index in [0.29, 0.717) is 5.56 Å². The van der Waals surface area contributed by atoms with Crippen molar-refractivity contribution >= 4 is 0 Å². The van der Waals surface area contributed by atoms with Crippen LogP contribution in [0.15, 0.2) is 54.6 Å². The Balaban J connectivity index is 1.56. The topological polar surface area (TPSA) is 40.5 Å². The number of unbranched alkanes of at least 4 members (excludes halogenated alkanes) is 12. The average molecular weight is 437 g/mol. The van der Waals surface area contributed by atoms with Gasteiger partial charge in [0.05, 0.1) is 0 Å². The third-order valence-corrected chi connectivity index (χ3v) is 6.26. The first-order valence-electron chi connectivity index (χ1n) is 13.0. The van der Waals surface area contributed by atoms with Gasteiger partial charge in [-0.3, -0.25) is 0 Å². The fraction of sp³-hybridized carbons (Fsp3) is 0.533. The standard InChI is InChI=1S/C30H44O2/c1-2-3-4-5-6-7-8-9-10-11-12-13-14-15-16-17-21-26-22-20-25-29(32)30(26)27-23-18-19-24-28(27)31/h9-10,18-20,22-25,31-32H,2-8,11-17,21H2,1H3/b10-9-. The zero-order valence-electron chi connectivity index (χ0n) is 20.2. The number of allylic oxidation sites excluding steroid dienone is 2. The lowest BCUT2D eigenvalue weighted by molar-refractivity contribution is 0.468. The predicted octanol–water partition coefficient (Wildman–Crippen LogP) is 9.34. The van der Waals surface area contributed by atoms with Crippen molar-refractivity contribution in [1.29, 1.82) is 0 Å². The molecule has 32 heavy (non-hydrogen) atoms. The molecule has 0 fully saturated rings. The van der Waals surface area contributed by atoms with Crippen LogP contribution in [-0.4, -0.2) is 10.2 Å². The fourth-order valence-electron chi connectivity index (χ4n) is 4.35. The predicted molar refractivity (Wildman–Crippen MR) is 138 cm³/mol. The highest BCUT2D eigenvalue weighted by atomic mass is 16.3. The second-order valence-corrected chi connectivity index (χ2v) is 9.02. The highest BCUT2D eigenvalue weighted by Gasteiger charge is 2.13. The molecule has 0 saturated carbocycles. The molecule has 2 aromatic rings. The van der Waals surface area contributed by atoms with Crippen molar-refractivity contribution in [3.8, 4) is 22.6 Å². The molecule has 0 aromatic heterocycles. The Kier molecular flexibility index (Phi) is 13.4. The molecule has 0 bridgehead atoms. The van der Waals surface area contributed by atoms with Crippen LogP contribution in [0.3, 0.4) is 0 Å². The van der Waals surface area contributed by atoms with Gasteiger partial charge in [0.25, 0.3) is 0 Å². The van der Waals surface area contributed by atoms with Gasteiger partial charge in [-0.15, -0.1) is 0 Å². The Morgan fingerprint density at radius 2 is 1.16 bits per heavy atom. The summed E-state index contributed by atoms with van der Waals surface area (Å²) in [5.74, 6) is 0.463. The average Bonchev–Trinajstić information content (AvgIpc) is 2.79. The summed E-state index contributed by atoms with van der Waals surface area (Å²) < 4.78 is 0. The Morgan fingerprint density at radius 1 is 0.594 bits per heavy atom. The van der Waals surface area contributed by atoms with Crippen LogP contribution in [-0.2, 0) is 6.42 Å². The Labute approximate surface area is 196 Å². The molecule has 0 radical (unpaired) electrons. The third-order valence-electron chi connectivity index (χ3n) is 6.26. The number of hydrogen-bond acceptors (Lipinski definition) is 2. The quantitative estimate of drug-likeness (QED) is 0.191. The van der Waals surface area contributed by atoms with Crippen LogP contribution >= 0.6 is 0 Å². The molecule has 0 heterocycles. The molecule has 2 heteroatoms. The van der Waals surface area contributed by atoms with E-state index >= 15 is 0 Å². The molecular formula is C30H44O2. The minimum Gasteiger partial charge on any atom is -0.507 e. The summed E-state index contributed by atoms with van der Waals surface area (Å²) in [6.07, 6.45) is 24.0. The van der Waals surface area contributed by atoms with Crippen LogP contribution < -0.4 is 0 Å². The van der Waals surface area contributed by atoms with Gasteiger partial charge < -0.3 is 10.2 Å². The van der Waals surface area contributed by atoms with E-state index in [0.717, 1.165) is 24.0 Å². The molecule has 2 N–H and O–H groups in total. The molecule has 2 rings (SSSR count). The van der Waals surface area contributed by atoms with Crippen molar-refractivity contribution in [3.05, 3.63) is 60.2 Å². The number of phenols is 2. The molecule has 0 aliphatic rings. The minimum absolute atomic E-state index is 0.219. The highest BCUT2D eigenvalue weighted by Crippen LogP contribution is 2.38. The first kappa shape index (κ1) is 26.0. The van der Waals surface area contributed by atoms with Gasteiger partial charge in [0.15, 0.2) is 0 Å². The van der Waals surface area contributed by atoms with Crippen molar-refractivity contribution < 1.29 is 10.2 Å². The molecule has 176 valence electrons. The smallest absolute Gasteiger partial charge is 0.123 e. The summed E-state index contributed by atoms with van der Waals surface area (Å²) in [6.45, 7) is 2.27. The zero-order chi connectivity index (χ0) is 22.9. The minimum atomic E-state index is 0.219. The summed E-state index contributed by atoms with van der Waals surface area (Å²) in [6, 6.07) is 12.9. The fourth-order valence-corrected chi connectivity index (χ4v) is 4.35. The van der Waals surface area contributed by atoms with Gasteiger partial charge in [0, 0.05) is 11.1 Å². The molecule has 0 atom stereocenters. The second-order valence-electron chi connectivity index (χ2n) is 9.02. The van der Waals surface area contributed by atoms with E-state index in [1.54, 1.807) is 12.1 Å². The summed E-state index contributed by atoms with van der Waals surface area (Å²) in [7, 11) is 0. The van der Waals surface area contributed by atoms with Crippen molar-refractivity contribution in [1.82, 2.24) is 0 Å². The summed E-state index contributed by atoms with van der Waals surface area (Å²) in [5.41, 5.74) is 2.60. The Morgan fingerprint density at radius 3 is 1.81 bits per heavy atom. The van der Waals surface area contributed by atoms with Crippen LogP contribution in [0, 0.1) is 0 Å². The number of aromatic hydroxyl groups is 2. The van der Waals surface area contributed by atoms with Crippen LogP contribution in [0.5, 0.6) is 11.5 Å². The normalized spacial score (nSPS) is 11.4. The summed E-state index contributed by atoms with van der Waals surface area (Å²) >= 11 is 0. The van der Waals surface area contributed by atoms with Gasteiger partial charge in [-0.1, -0.05) is 107 Å². The number of benzene rings is 2. The maximum atomic E-state index is 10.4. The molecule has 2 aromatic carbocycles. The van der Waals surface area contributed by atoms with Crippen LogP contribution in [0.2, 0.25) is 0 Å². The van der Waals surface area contributed by atoms with Crippen LogP contribution in [0.25, 0.3) is 11.1 Å². The largest absolute Gasteiger partial charge is 0.507 e. The second kappa shape index (κ2) is 16.4. The lowest BCUT2D eigenvalue weighted by atomic mass is 9.94. The molecule has 0 unspecified atom stereocenters. The van der Waals surface area contributed by atoms with E-state index in [1.165, 1.54) is 83.5 Å². The number of phenolic OH excluding ortho intramolecular Hbond substituents is 2. The van der Waals surface area contributed by atoms with Crippen molar-refractivity contribution in [2.24, 2.45) is 0 Å². The monoisotopic (exact) mass is 436 g/mol. The first-order valence-corrected chi connectivity index (χ1v) is 13.0. The highest BCUT2D eigenvalue weighted by molar-refractivity contribution is 5.78. The maximum Gasteiger partial charge on any atom is 0.123 e. The molecule has 0 aliphatic carbocycles. The lowest BCUT2D eigenvalue weighted by Gasteiger charge is -2.13. The van der Waals surface area contributed by atoms with Gasteiger partial charge in [-0.25, -0.2) is 0 Å². The Hall–Kier alpha value is -2.22. The molecule has 0 amide bonds. The van der Waals surface area contributed by atoms with Crippen molar-refractivity contribution in [2.75, 3.05) is 0 Å².